The van der Waals surface area contributed by atoms with E-state index in [1.807, 2.05) is 13.8 Å². The van der Waals surface area contributed by atoms with E-state index in [9.17, 15) is 4.79 Å². The van der Waals surface area contributed by atoms with Crippen molar-refractivity contribution in [1.82, 2.24) is 0 Å². The van der Waals surface area contributed by atoms with Crippen LogP contribution in [0.4, 0.5) is 0 Å². The lowest BCUT2D eigenvalue weighted by Gasteiger charge is -2.19. The average Bonchev–Trinajstić information content (AvgIpc) is 2.24. The molecule has 0 atom stereocenters. The minimum Gasteiger partial charge on any atom is -0.294 e. The summed E-state index contributed by atoms with van der Waals surface area (Å²) in [5.41, 5.74) is 2.74. The number of carbonyl (C=O) groups is 1. The van der Waals surface area contributed by atoms with Crippen LogP contribution in [0.2, 0.25) is 0 Å². The molecule has 0 bridgehead atoms. The number of allylic oxidation sites excluding steroid dienone is 3. The summed E-state index contributed by atoms with van der Waals surface area (Å²) in [5.74, 6) is 0.0661. The number of hydrogen-bond acceptors (Lipinski definition) is 2. The van der Waals surface area contributed by atoms with Crippen LogP contribution in [0, 0.1) is 5.41 Å². The maximum absolute atomic E-state index is 11.8. The van der Waals surface area contributed by atoms with E-state index >= 15 is 0 Å². The molecule has 0 saturated carbocycles. The van der Waals surface area contributed by atoms with Crippen LogP contribution < -0.4 is 0 Å². The molecule has 0 spiro atoms. The van der Waals surface area contributed by atoms with Gasteiger partial charge in [-0.2, -0.15) is 0 Å². The molecule has 0 rings (SSSR count). The molecule has 0 heterocycles. The molecule has 0 unspecified atom stereocenters. The van der Waals surface area contributed by atoms with Crippen molar-refractivity contribution in [2.45, 2.75) is 60.8 Å². The van der Waals surface area contributed by atoms with Gasteiger partial charge in [0.2, 0.25) is 0 Å². The number of rotatable bonds is 6. The maximum atomic E-state index is 11.8. The highest BCUT2D eigenvalue weighted by molar-refractivity contribution is 5.98. The van der Waals surface area contributed by atoms with Crippen LogP contribution in [0.5, 0.6) is 0 Å². The van der Waals surface area contributed by atoms with E-state index < -0.39 is 0 Å². The van der Waals surface area contributed by atoms with Crippen molar-refractivity contribution in [3.8, 4) is 0 Å². The molecule has 0 aromatic carbocycles. The van der Waals surface area contributed by atoms with Gasteiger partial charge < -0.3 is 0 Å². The molecule has 0 saturated heterocycles. The molecule has 2 nitrogen and oxygen atoms in total. The zero-order valence-electron chi connectivity index (χ0n) is 12.8. The van der Waals surface area contributed by atoms with Gasteiger partial charge in [0.05, 0.1) is 5.70 Å². The molecule has 0 radical (unpaired) electrons. The highest BCUT2D eigenvalue weighted by atomic mass is 16.1. The maximum Gasteiger partial charge on any atom is 0.161 e. The lowest BCUT2D eigenvalue weighted by atomic mass is 9.86. The molecule has 18 heavy (non-hydrogen) atoms. The predicted octanol–water partition coefficient (Wildman–Crippen LogP) is 4.71. The standard InChI is InChI=1S/C16H27NO/c1-8-14(17-9-2)15(13(4)18)12(3)10-11-16(5,6)7/h9H,3,8,10-11H2,1-2,4-7H3/b15-14+,17-9-. The zero-order valence-corrected chi connectivity index (χ0v) is 12.8. The zero-order chi connectivity index (χ0) is 14.3. The lowest BCUT2D eigenvalue weighted by Crippen LogP contribution is -2.09. The normalized spacial score (nSPS) is 13.7. The molecule has 0 aliphatic carbocycles. The van der Waals surface area contributed by atoms with Crippen molar-refractivity contribution >= 4 is 12.0 Å². The van der Waals surface area contributed by atoms with Crippen molar-refractivity contribution in [3.63, 3.8) is 0 Å². The van der Waals surface area contributed by atoms with Crippen LogP contribution in [0.15, 0.2) is 28.4 Å². The topological polar surface area (TPSA) is 29.4 Å². The summed E-state index contributed by atoms with van der Waals surface area (Å²) in [7, 11) is 0. The Labute approximate surface area is 112 Å². The summed E-state index contributed by atoms with van der Waals surface area (Å²) in [6.07, 6.45) is 4.36. The molecule has 0 aliphatic heterocycles. The molecule has 2 heteroatoms. The third kappa shape index (κ3) is 5.95. The van der Waals surface area contributed by atoms with Crippen LogP contribution in [0.25, 0.3) is 0 Å². The number of aliphatic imine (C=N–C) groups is 1. The van der Waals surface area contributed by atoms with Crippen LogP contribution in [-0.4, -0.2) is 12.0 Å². The molecule has 0 fully saturated rings. The second-order valence-electron chi connectivity index (χ2n) is 5.78. The highest BCUT2D eigenvalue weighted by Crippen LogP contribution is 2.28. The predicted molar refractivity (Wildman–Crippen MR) is 80.0 cm³/mol. The van der Waals surface area contributed by atoms with E-state index in [1.54, 1.807) is 13.1 Å². The first-order chi connectivity index (χ1) is 8.22. The molecule has 0 aliphatic rings. The van der Waals surface area contributed by atoms with Gasteiger partial charge in [-0.05, 0) is 44.1 Å². The second kappa shape index (κ2) is 7.30. The SMILES string of the molecule is C=C(CCC(C)(C)C)/C(C(C)=O)=C(CC)\N=C/C. The first-order valence-corrected chi connectivity index (χ1v) is 6.63. The third-order valence-electron chi connectivity index (χ3n) is 2.79. The van der Waals surface area contributed by atoms with E-state index in [0.717, 1.165) is 36.1 Å². The molecule has 0 aromatic heterocycles. The smallest absolute Gasteiger partial charge is 0.161 e. The lowest BCUT2D eigenvalue weighted by molar-refractivity contribution is -0.113. The van der Waals surface area contributed by atoms with Crippen molar-refractivity contribution in [2.24, 2.45) is 10.4 Å². The van der Waals surface area contributed by atoms with Gasteiger partial charge >= 0.3 is 0 Å². The van der Waals surface area contributed by atoms with Gasteiger partial charge in [-0.15, -0.1) is 0 Å². The Morgan fingerprint density at radius 1 is 1.33 bits per heavy atom. The first kappa shape index (κ1) is 16.8. The summed E-state index contributed by atoms with van der Waals surface area (Å²) in [5, 5.41) is 0. The quantitative estimate of drug-likeness (QED) is 0.381. The summed E-state index contributed by atoms with van der Waals surface area (Å²) >= 11 is 0. The number of carbonyl (C=O) groups excluding carboxylic acids is 1. The van der Waals surface area contributed by atoms with E-state index in [0.29, 0.717) is 0 Å². The van der Waals surface area contributed by atoms with E-state index in [1.165, 1.54) is 0 Å². The fourth-order valence-corrected chi connectivity index (χ4v) is 1.80. The molecular weight excluding hydrogens is 222 g/mol. The van der Waals surface area contributed by atoms with Crippen molar-refractivity contribution in [3.05, 3.63) is 23.4 Å². The molecule has 102 valence electrons. The van der Waals surface area contributed by atoms with Gasteiger partial charge in [0.25, 0.3) is 0 Å². The second-order valence-corrected chi connectivity index (χ2v) is 5.78. The molecular formula is C16H27NO. The Balaban J connectivity index is 5.13. The Kier molecular flexibility index (Phi) is 6.82. The van der Waals surface area contributed by atoms with Gasteiger partial charge in [-0.1, -0.05) is 34.3 Å². The Hall–Kier alpha value is -1.18. The van der Waals surface area contributed by atoms with E-state index in [2.05, 4.69) is 32.3 Å². The van der Waals surface area contributed by atoms with Gasteiger partial charge in [0.15, 0.2) is 5.78 Å². The van der Waals surface area contributed by atoms with Crippen LogP contribution in [0.1, 0.15) is 60.8 Å². The monoisotopic (exact) mass is 249 g/mol. The van der Waals surface area contributed by atoms with Crippen molar-refractivity contribution in [1.29, 1.82) is 0 Å². The fraction of sp³-hybridized carbons (Fsp3) is 0.625. The molecule has 0 aromatic rings. The average molecular weight is 249 g/mol. The van der Waals surface area contributed by atoms with Crippen LogP contribution in [0.3, 0.4) is 0 Å². The van der Waals surface area contributed by atoms with E-state index in [4.69, 9.17) is 0 Å². The van der Waals surface area contributed by atoms with Gasteiger partial charge in [-0.25, -0.2) is 0 Å². The summed E-state index contributed by atoms with van der Waals surface area (Å²) in [4.78, 5) is 16.1. The van der Waals surface area contributed by atoms with Gasteiger partial charge in [0, 0.05) is 11.8 Å². The number of ketones is 1. The Bertz CT molecular complexity index is 367. The Morgan fingerprint density at radius 3 is 2.22 bits per heavy atom. The summed E-state index contributed by atoms with van der Waals surface area (Å²) in [6.45, 7) is 16.1. The largest absolute Gasteiger partial charge is 0.294 e. The van der Waals surface area contributed by atoms with Gasteiger partial charge in [0.1, 0.15) is 0 Å². The minimum absolute atomic E-state index is 0.0661. The van der Waals surface area contributed by atoms with E-state index in [-0.39, 0.29) is 11.2 Å². The van der Waals surface area contributed by atoms with Crippen LogP contribution in [-0.2, 0) is 4.79 Å². The third-order valence-corrected chi connectivity index (χ3v) is 2.79. The summed E-state index contributed by atoms with van der Waals surface area (Å²) < 4.78 is 0. The molecule has 0 N–H and O–H groups in total. The first-order valence-electron chi connectivity index (χ1n) is 6.63. The fourth-order valence-electron chi connectivity index (χ4n) is 1.80. The highest BCUT2D eigenvalue weighted by Gasteiger charge is 2.16. The number of hydrogen-bond donors (Lipinski definition) is 0. The summed E-state index contributed by atoms with van der Waals surface area (Å²) in [6, 6.07) is 0. The van der Waals surface area contributed by atoms with Crippen LogP contribution >= 0.6 is 0 Å². The van der Waals surface area contributed by atoms with Crippen molar-refractivity contribution in [2.75, 3.05) is 0 Å². The van der Waals surface area contributed by atoms with Crippen molar-refractivity contribution < 1.29 is 4.79 Å². The minimum atomic E-state index is 0.0661. The number of Topliss-reactive ketones (excluding diaryl/α,β-unsaturated/α-hetero) is 1. The Morgan fingerprint density at radius 2 is 1.89 bits per heavy atom. The van der Waals surface area contributed by atoms with Gasteiger partial charge in [-0.3, -0.25) is 9.79 Å². The number of nitrogens with zero attached hydrogens (tertiary/aromatic N) is 1. The molecule has 0 amide bonds.